The average Bonchev–Trinajstić information content (AvgIpc) is 3.10. The first-order valence-electron chi connectivity index (χ1n) is 8.93. The SMILES string of the molecule is O=C(Cc1c[nH]c2ccccc12)NCCCNS(=O)(=O)c1ccccc1[N+](=O)[O-]. The van der Waals surface area contributed by atoms with E-state index in [1.165, 1.54) is 18.2 Å². The molecule has 1 heterocycles. The van der Waals surface area contributed by atoms with E-state index in [0.717, 1.165) is 22.5 Å². The smallest absolute Gasteiger partial charge is 0.289 e. The van der Waals surface area contributed by atoms with Gasteiger partial charge in [-0.2, -0.15) is 0 Å². The standard InChI is InChI=1S/C19H20N4O5S/c24-19(12-14-13-21-16-7-2-1-6-15(14)16)20-10-5-11-22-29(27,28)18-9-4-3-8-17(18)23(25)26/h1-4,6-9,13,21-22H,5,10-12H2,(H,20,24). The molecule has 0 saturated carbocycles. The summed E-state index contributed by atoms with van der Waals surface area (Å²) in [5, 5.41) is 14.7. The van der Waals surface area contributed by atoms with Crippen LogP contribution in [0.3, 0.4) is 0 Å². The normalized spacial score (nSPS) is 11.4. The molecule has 0 radical (unpaired) electrons. The first kappa shape index (κ1) is 20.5. The van der Waals surface area contributed by atoms with Crippen molar-refractivity contribution in [3.63, 3.8) is 0 Å². The summed E-state index contributed by atoms with van der Waals surface area (Å²) in [6, 6.07) is 12.8. The van der Waals surface area contributed by atoms with Gasteiger partial charge in [-0.3, -0.25) is 14.9 Å². The van der Waals surface area contributed by atoms with E-state index in [9.17, 15) is 23.3 Å². The summed E-state index contributed by atoms with van der Waals surface area (Å²) in [5.41, 5.74) is 1.36. The maximum absolute atomic E-state index is 12.3. The van der Waals surface area contributed by atoms with Crippen LogP contribution in [0.25, 0.3) is 10.9 Å². The molecule has 2 aromatic carbocycles. The molecule has 1 amide bonds. The van der Waals surface area contributed by atoms with Crippen LogP contribution in [0.4, 0.5) is 5.69 Å². The van der Waals surface area contributed by atoms with Gasteiger partial charge in [0.1, 0.15) is 0 Å². The minimum atomic E-state index is -4.01. The van der Waals surface area contributed by atoms with Crippen LogP contribution in [0.2, 0.25) is 0 Å². The third kappa shape index (κ3) is 4.98. The largest absolute Gasteiger partial charge is 0.361 e. The number of nitrogens with one attached hydrogen (secondary N) is 3. The Morgan fingerprint density at radius 1 is 1.07 bits per heavy atom. The highest BCUT2D eigenvalue weighted by molar-refractivity contribution is 7.89. The van der Waals surface area contributed by atoms with E-state index in [2.05, 4.69) is 15.0 Å². The first-order chi connectivity index (χ1) is 13.9. The summed E-state index contributed by atoms with van der Waals surface area (Å²) in [5.74, 6) is -0.170. The molecule has 0 aliphatic carbocycles. The molecule has 9 nitrogen and oxygen atoms in total. The Hall–Kier alpha value is -3.24. The number of sulfonamides is 1. The Kier molecular flexibility index (Phi) is 6.25. The highest BCUT2D eigenvalue weighted by Crippen LogP contribution is 2.22. The third-order valence-electron chi connectivity index (χ3n) is 4.35. The maximum atomic E-state index is 12.3. The molecular weight excluding hydrogens is 396 g/mol. The summed E-state index contributed by atoms with van der Waals surface area (Å²) in [4.78, 5) is 25.1. The van der Waals surface area contributed by atoms with Gasteiger partial charge in [0.05, 0.1) is 11.3 Å². The van der Waals surface area contributed by atoms with Crippen molar-refractivity contribution >= 4 is 32.5 Å². The number of rotatable bonds is 9. The molecule has 152 valence electrons. The molecule has 0 unspecified atom stereocenters. The number of fused-ring (bicyclic) bond motifs is 1. The molecular formula is C19H20N4O5S. The highest BCUT2D eigenvalue weighted by atomic mass is 32.2. The number of benzene rings is 2. The molecule has 10 heteroatoms. The number of amides is 1. The first-order valence-corrected chi connectivity index (χ1v) is 10.4. The monoisotopic (exact) mass is 416 g/mol. The number of hydrogen-bond acceptors (Lipinski definition) is 5. The lowest BCUT2D eigenvalue weighted by atomic mass is 10.1. The van der Waals surface area contributed by atoms with Crippen molar-refractivity contribution in [2.45, 2.75) is 17.7 Å². The van der Waals surface area contributed by atoms with Crippen LogP contribution in [-0.4, -0.2) is 37.3 Å². The van der Waals surface area contributed by atoms with Crippen LogP contribution < -0.4 is 10.0 Å². The van der Waals surface area contributed by atoms with Crippen molar-refractivity contribution in [1.29, 1.82) is 0 Å². The minimum absolute atomic E-state index is 0.0434. The van der Waals surface area contributed by atoms with Crippen LogP contribution in [0.1, 0.15) is 12.0 Å². The number of nitro groups is 1. The Bertz CT molecular complexity index is 1140. The van der Waals surface area contributed by atoms with Crippen molar-refractivity contribution in [1.82, 2.24) is 15.0 Å². The Morgan fingerprint density at radius 3 is 2.59 bits per heavy atom. The molecule has 0 spiro atoms. The molecule has 3 aromatic rings. The van der Waals surface area contributed by atoms with E-state index in [4.69, 9.17) is 0 Å². The van der Waals surface area contributed by atoms with E-state index < -0.39 is 20.6 Å². The van der Waals surface area contributed by atoms with Gasteiger partial charge in [-0.1, -0.05) is 30.3 Å². The second-order valence-electron chi connectivity index (χ2n) is 6.36. The zero-order valence-corrected chi connectivity index (χ0v) is 16.2. The fraction of sp³-hybridized carbons (Fsp3) is 0.211. The van der Waals surface area contributed by atoms with Crippen molar-refractivity contribution in [2.75, 3.05) is 13.1 Å². The molecule has 0 fully saturated rings. The van der Waals surface area contributed by atoms with Crippen LogP contribution in [0.15, 0.2) is 59.6 Å². The molecule has 1 aromatic heterocycles. The molecule has 3 rings (SSSR count). The molecule has 3 N–H and O–H groups in total. The lowest BCUT2D eigenvalue weighted by Crippen LogP contribution is -2.30. The summed E-state index contributed by atoms with van der Waals surface area (Å²) < 4.78 is 26.9. The van der Waals surface area contributed by atoms with Crippen molar-refractivity contribution in [2.24, 2.45) is 0 Å². The van der Waals surface area contributed by atoms with Crippen LogP contribution in [0, 0.1) is 10.1 Å². The van der Waals surface area contributed by atoms with Crippen LogP contribution in [0.5, 0.6) is 0 Å². The summed E-state index contributed by atoms with van der Waals surface area (Å²) >= 11 is 0. The predicted molar refractivity (Wildman–Crippen MR) is 108 cm³/mol. The molecule has 0 bridgehead atoms. The fourth-order valence-corrected chi connectivity index (χ4v) is 4.19. The molecule has 0 aliphatic rings. The van der Waals surface area contributed by atoms with Crippen LogP contribution >= 0.6 is 0 Å². The predicted octanol–water partition coefficient (Wildman–Crippen LogP) is 2.10. The Labute approximate surface area is 167 Å². The summed E-state index contributed by atoms with van der Waals surface area (Å²) in [6.07, 6.45) is 2.36. The van der Waals surface area contributed by atoms with Crippen LogP contribution in [-0.2, 0) is 21.2 Å². The van der Waals surface area contributed by atoms with Gasteiger partial charge in [0, 0.05) is 36.3 Å². The van der Waals surface area contributed by atoms with E-state index in [1.807, 2.05) is 24.3 Å². The Balaban J connectivity index is 1.47. The number of nitro benzene ring substituents is 1. The number of carbonyl (C=O) groups excluding carboxylic acids is 1. The van der Waals surface area contributed by atoms with Crippen molar-refractivity contribution in [3.05, 3.63) is 70.4 Å². The molecule has 0 aliphatic heterocycles. The van der Waals surface area contributed by atoms with Gasteiger partial charge in [0.2, 0.25) is 15.9 Å². The van der Waals surface area contributed by atoms with E-state index in [0.29, 0.717) is 6.42 Å². The molecule has 0 saturated heterocycles. The second kappa shape index (κ2) is 8.84. The zero-order valence-electron chi connectivity index (χ0n) is 15.4. The van der Waals surface area contributed by atoms with E-state index in [-0.39, 0.29) is 30.3 Å². The highest BCUT2D eigenvalue weighted by Gasteiger charge is 2.24. The van der Waals surface area contributed by atoms with E-state index >= 15 is 0 Å². The van der Waals surface area contributed by atoms with Gasteiger partial charge in [-0.15, -0.1) is 0 Å². The quantitative estimate of drug-likeness (QED) is 0.279. The van der Waals surface area contributed by atoms with Crippen molar-refractivity contribution in [3.8, 4) is 0 Å². The topological polar surface area (TPSA) is 134 Å². The minimum Gasteiger partial charge on any atom is -0.361 e. The number of hydrogen-bond donors (Lipinski definition) is 3. The fourth-order valence-electron chi connectivity index (χ4n) is 2.95. The third-order valence-corrected chi connectivity index (χ3v) is 5.85. The average molecular weight is 416 g/mol. The van der Waals surface area contributed by atoms with Gasteiger partial charge >= 0.3 is 0 Å². The number of para-hydroxylation sites is 2. The van der Waals surface area contributed by atoms with E-state index in [1.54, 1.807) is 6.20 Å². The number of aromatic nitrogens is 1. The van der Waals surface area contributed by atoms with Gasteiger partial charge < -0.3 is 10.3 Å². The second-order valence-corrected chi connectivity index (χ2v) is 8.10. The molecule has 29 heavy (non-hydrogen) atoms. The summed E-state index contributed by atoms with van der Waals surface area (Å²) in [6.45, 7) is 0.322. The van der Waals surface area contributed by atoms with Crippen molar-refractivity contribution < 1.29 is 18.1 Å². The number of aromatic amines is 1. The van der Waals surface area contributed by atoms with Gasteiger partial charge in [-0.05, 0) is 24.1 Å². The lowest BCUT2D eigenvalue weighted by Gasteiger charge is -2.08. The number of H-pyrrole nitrogens is 1. The number of carbonyl (C=O) groups is 1. The van der Waals surface area contributed by atoms with Gasteiger partial charge in [0.25, 0.3) is 5.69 Å². The number of nitrogens with zero attached hydrogens (tertiary/aromatic N) is 1. The zero-order chi connectivity index (χ0) is 20.9. The summed E-state index contributed by atoms with van der Waals surface area (Å²) in [7, 11) is -4.01. The lowest BCUT2D eigenvalue weighted by molar-refractivity contribution is -0.387. The molecule has 0 atom stereocenters. The Morgan fingerprint density at radius 2 is 1.79 bits per heavy atom. The maximum Gasteiger partial charge on any atom is 0.289 e. The van der Waals surface area contributed by atoms with Gasteiger partial charge in [-0.25, -0.2) is 13.1 Å². The van der Waals surface area contributed by atoms with Gasteiger partial charge in [0.15, 0.2) is 4.90 Å².